The fraction of sp³-hybridized carbons (Fsp3) is 0.182. The summed E-state index contributed by atoms with van der Waals surface area (Å²) in [5.41, 5.74) is 7.03. The van der Waals surface area contributed by atoms with Gasteiger partial charge in [0.05, 0.1) is 10.7 Å². The Balaban J connectivity index is 0.00000144. The third-order valence-corrected chi connectivity index (χ3v) is 3.09. The molecule has 0 saturated heterocycles. The maximum Gasteiger partial charge on any atom is 0.158 e. The quantitative estimate of drug-likeness (QED) is 0.748. The number of nitrogens with two attached hydrogens (primary N) is 1. The van der Waals surface area contributed by atoms with E-state index in [0.717, 1.165) is 22.7 Å². The van der Waals surface area contributed by atoms with Crippen LogP contribution < -0.4 is 5.73 Å². The van der Waals surface area contributed by atoms with E-state index in [2.05, 4.69) is 4.98 Å². The second-order valence-electron chi connectivity index (χ2n) is 3.37. The minimum absolute atomic E-state index is 0. The summed E-state index contributed by atoms with van der Waals surface area (Å²) < 4.78 is 0. The van der Waals surface area contributed by atoms with Crippen LogP contribution in [0.25, 0.3) is 11.3 Å². The number of rotatable bonds is 3. The van der Waals surface area contributed by atoms with E-state index in [1.165, 1.54) is 12.1 Å². The molecule has 0 radical (unpaired) electrons. The van der Waals surface area contributed by atoms with Crippen molar-refractivity contribution in [2.24, 2.45) is 5.73 Å². The van der Waals surface area contributed by atoms with Gasteiger partial charge in [-0.15, -0.1) is 23.7 Å². The van der Waals surface area contributed by atoms with Crippen molar-refractivity contribution in [1.82, 2.24) is 4.98 Å². The molecule has 0 unspecified atom stereocenters. The van der Waals surface area contributed by atoms with Crippen LogP contribution in [0.5, 0.6) is 11.5 Å². The second kappa shape index (κ2) is 5.86. The zero-order valence-corrected chi connectivity index (χ0v) is 10.6. The highest BCUT2D eigenvalue weighted by atomic mass is 35.5. The van der Waals surface area contributed by atoms with E-state index in [1.807, 2.05) is 5.38 Å². The molecule has 4 nitrogen and oxygen atoms in total. The van der Waals surface area contributed by atoms with E-state index in [9.17, 15) is 10.2 Å². The van der Waals surface area contributed by atoms with E-state index in [4.69, 9.17) is 5.73 Å². The van der Waals surface area contributed by atoms with Gasteiger partial charge in [-0.05, 0) is 24.7 Å². The van der Waals surface area contributed by atoms with Crippen molar-refractivity contribution in [2.45, 2.75) is 6.42 Å². The normalized spacial score (nSPS) is 9.94. The Morgan fingerprint density at radius 2 is 2.00 bits per heavy atom. The Kier molecular flexibility index (Phi) is 4.74. The van der Waals surface area contributed by atoms with Gasteiger partial charge in [-0.2, -0.15) is 0 Å². The lowest BCUT2D eigenvalue weighted by Crippen LogP contribution is -2.01. The van der Waals surface area contributed by atoms with Gasteiger partial charge in [0.2, 0.25) is 0 Å². The predicted octanol–water partition coefficient (Wildman–Crippen LogP) is 2.14. The van der Waals surface area contributed by atoms with Crippen LogP contribution in [0.2, 0.25) is 0 Å². The van der Waals surface area contributed by atoms with Crippen LogP contribution >= 0.6 is 23.7 Å². The maximum atomic E-state index is 9.38. The Morgan fingerprint density at radius 1 is 1.24 bits per heavy atom. The summed E-state index contributed by atoms with van der Waals surface area (Å²) in [6.45, 7) is 0.577. The van der Waals surface area contributed by atoms with Crippen LogP contribution in [0.1, 0.15) is 5.01 Å². The van der Waals surface area contributed by atoms with Gasteiger partial charge in [0.1, 0.15) is 0 Å². The van der Waals surface area contributed by atoms with Crippen LogP contribution in [-0.2, 0) is 6.42 Å². The predicted molar refractivity (Wildman–Crippen MR) is 70.9 cm³/mol. The molecule has 0 aliphatic carbocycles. The van der Waals surface area contributed by atoms with Crippen LogP contribution in [0.4, 0.5) is 0 Å². The Hall–Kier alpha value is -1.30. The minimum Gasteiger partial charge on any atom is -0.504 e. The highest BCUT2D eigenvalue weighted by Gasteiger charge is 2.06. The van der Waals surface area contributed by atoms with Gasteiger partial charge in [-0.3, -0.25) is 0 Å². The first-order valence-electron chi connectivity index (χ1n) is 4.87. The summed E-state index contributed by atoms with van der Waals surface area (Å²) in [6.07, 6.45) is 0.759. The van der Waals surface area contributed by atoms with Crippen LogP contribution in [0.15, 0.2) is 23.6 Å². The highest BCUT2D eigenvalue weighted by molar-refractivity contribution is 7.09. The molecule has 17 heavy (non-hydrogen) atoms. The fourth-order valence-electron chi connectivity index (χ4n) is 1.36. The highest BCUT2D eigenvalue weighted by Crippen LogP contribution is 2.30. The minimum atomic E-state index is -0.133. The molecule has 0 fully saturated rings. The van der Waals surface area contributed by atoms with Gasteiger partial charge in [0, 0.05) is 17.4 Å². The number of nitrogens with zero attached hydrogens (tertiary/aromatic N) is 1. The van der Waals surface area contributed by atoms with Crippen LogP contribution in [-0.4, -0.2) is 21.7 Å². The first kappa shape index (κ1) is 13.8. The zero-order chi connectivity index (χ0) is 11.5. The number of aromatic hydroxyl groups is 2. The van der Waals surface area contributed by atoms with Gasteiger partial charge < -0.3 is 15.9 Å². The number of halogens is 1. The van der Waals surface area contributed by atoms with E-state index in [1.54, 1.807) is 17.4 Å². The molecule has 2 aromatic rings. The average Bonchev–Trinajstić information content (AvgIpc) is 2.71. The molecule has 4 N–H and O–H groups in total. The molecule has 1 aromatic heterocycles. The molecule has 0 saturated carbocycles. The van der Waals surface area contributed by atoms with Crippen molar-refractivity contribution in [3.05, 3.63) is 28.6 Å². The molecular formula is C11H13ClN2O2S. The summed E-state index contributed by atoms with van der Waals surface area (Å²) >= 11 is 1.54. The molecule has 1 aromatic carbocycles. The summed E-state index contributed by atoms with van der Waals surface area (Å²) in [5.74, 6) is -0.257. The first-order chi connectivity index (χ1) is 7.70. The maximum absolute atomic E-state index is 9.38. The van der Waals surface area contributed by atoms with Crippen molar-refractivity contribution < 1.29 is 10.2 Å². The number of phenols is 2. The Morgan fingerprint density at radius 3 is 2.65 bits per heavy atom. The van der Waals surface area contributed by atoms with E-state index < -0.39 is 0 Å². The Labute approximate surface area is 109 Å². The topological polar surface area (TPSA) is 79.4 Å². The van der Waals surface area contributed by atoms with Crippen molar-refractivity contribution in [3.63, 3.8) is 0 Å². The van der Waals surface area contributed by atoms with Crippen molar-refractivity contribution in [2.75, 3.05) is 6.54 Å². The average molecular weight is 273 g/mol. The molecule has 0 bridgehead atoms. The zero-order valence-electron chi connectivity index (χ0n) is 8.96. The molecule has 2 rings (SSSR count). The lowest BCUT2D eigenvalue weighted by Gasteiger charge is -2.00. The van der Waals surface area contributed by atoms with Crippen LogP contribution in [0, 0.1) is 0 Å². The molecule has 1 heterocycles. The number of hydrogen-bond acceptors (Lipinski definition) is 5. The van der Waals surface area contributed by atoms with E-state index >= 15 is 0 Å². The second-order valence-corrected chi connectivity index (χ2v) is 4.31. The van der Waals surface area contributed by atoms with Crippen molar-refractivity contribution in [3.8, 4) is 22.8 Å². The summed E-state index contributed by atoms with van der Waals surface area (Å²) in [4.78, 5) is 4.39. The number of phenolic OH excluding ortho intramolecular Hbond substituents is 2. The Bertz CT molecular complexity index is 502. The molecule has 0 atom stereocenters. The standard InChI is InChI=1S/C11H12N2O2S.ClH/c12-4-3-11-13-8(6-16-11)7-1-2-9(14)10(15)5-7;/h1-2,5-6,14-15H,3-4,12H2;1H. The molecule has 0 aliphatic heterocycles. The third-order valence-electron chi connectivity index (χ3n) is 2.18. The van der Waals surface area contributed by atoms with Crippen LogP contribution in [0.3, 0.4) is 0 Å². The summed E-state index contributed by atoms with van der Waals surface area (Å²) in [7, 11) is 0. The fourth-order valence-corrected chi connectivity index (χ4v) is 2.19. The molecule has 0 amide bonds. The lowest BCUT2D eigenvalue weighted by molar-refractivity contribution is 0.404. The molecule has 0 spiro atoms. The van der Waals surface area contributed by atoms with Crippen molar-refractivity contribution in [1.29, 1.82) is 0 Å². The summed E-state index contributed by atoms with van der Waals surface area (Å²) in [5, 5.41) is 21.5. The number of benzene rings is 1. The third kappa shape index (κ3) is 3.09. The smallest absolute Gasteiger partial charge is 0.158 e. The van der Waals surface area contributed by atoms with E-state index in [0.29, 0.717) is 6.54 Å². The number of hydrogen-bond donors (Lipinski definition) is 3. The number of thiazole rings is 1. The summed E-state index contributed by atoms with van der Waals surface area (Å²) in [6, 6.07) is 4.67. The number of aromatic nitrogens is 1. The monoisotopic (exact) mass is 272 g/mol. The van der Waals surface area contributed by atoms with Gasteiger partial charge >= 0.3 is 0 Å². The van der Waals surface area contributed by atoms with Gasteiger partial charge in [0.25, 0.3) is 0 Å². The first-order valence-corrected chi connectivity index (χ1v) is 5.75. The van der Waals surface area contributed by atoms with Gasteiger partial charge in [-0.1, -0.05) is 0 Å². The molecular weight excluding hydrogens is 260 g/mol. The molecule has 6 heteroatoms. The molecule has 92 valence electrons. The van der Waals surface area contributed by atoms with Crippen molar-refractivity contribution >= 4 is 23.7 Å². The van der Waals surface area contributed by atoms with Gasteiger partial charge in [0.15, 0.2) is 11.5 Å². The van der Waals surface area contributed by atoms with E-state index in [-0.39, 0.29) is 23.9 Å². The SMILES string of the molecule is Cl.NCCc1nc(-c2ccc(O)c(O)c2)cs1. The van der Waals surface area contributed by atoms with Gasteiger partial charge in [-0.25, -0.2) is 4.98 Å². The lowest BCUT2D eigenvalue weighted by atomic mass is 10.1. The largest absolute Gasteiger partial charge is 0.504 e. The molecule has 0 aliphatic rings.